The highest BCUT2D eigenvalue weighted by molar-refractivity contribution is 7.12. The summed E-state index contributed by atoms with van der Waals surface area (Å²) < 4.78 is 5.79. The van der Waals surface area contributed by atoms with Gasteiger partial charge in [-0.1, -0.05) is 12.1 Å². The molecule has 122 valence electrons. The Morgan fingerprint density at radius 1 is 1.26 bits per heavy atom. The molecule has 1 aliphatic rings. The van der Waals surface area contributed by atoms with Gasteiger partial charge in [0.2, 0.25) is 0 Å². The molecule has 3 nitrogen and oxygen atoms in total. The van der Waals surface area contributed by atoms with Crippen molar-refractivity contribution in [3.8, 4) is 5.75 Å². The van der Waals surface area contributed by atoms with Crippen LogP contribution in [0, 0.1) is 20.8 Å². The Labute approximate surface area is 141 Å². The van der Waals surface area contributed by atoms with E-state index in [2.05, 4.69) is 25.1 Å². The molecule has 1 atom stereocenters. The highest BCUT2D eigenvalue weighted by Crippen LogP contribution is 2.35. The summed E-state index contributed by atoms with van der Waals surface area (Å²) in [5.74, 6) is 0.889. The Morgan fingerprint density at radius 2 is 2.09 bits per heavy atom. The van der Waals surface area contributed by atoms with Gasteiger partial charge in [-0.3, -0.25) is 4.79 Å². The number of rotatable bonds is 4. The van der Waals surface area contributed by atoms with E-state index >= 15 is 0 Å². The Morgan fingerprint density at radius 3 is 2.83 bits per heavy atom. The summed E-state index contributed by atoms with van der Waals surface area (Å²) in [6.45, 7) is 7.09. The van der Waals surface area contributed by atoms with Crippen molar-refractivity contribution in [1.29, 1.82) is 0 Å². The lowest BCUT2D eigenvalue weighted by Gasteiger charge is -2.24. The van der Waals surface area contributed by atoms with E-state index in [1.165, 1.54) is 9.75 Å². The minimum atomic E-state index is 0.0828. The molecule has 0 radical (unpaired) electrons. The molecule has 1 saturated heterocycles. The van der Waals surface area contributed by atoms with E-state index in [-0.39, 0.29) is 18.6 Å². The lowest BCUT2D eigenvalue weighted by Crippen LogP contribution is -2.34. The monoisotopic (exact) mass is 329 g/mol. The number of hydrogen-bond donors (Lipinski definition) is 0. The molecule has 4 heteroatoms. The first kappa shape index (κ1) is 16.1. The van der Waals surface area contributed by atoms with Crippen LogP contribution in [-0.2, 0) is 4.79 Å². The average molecular weight is 329 g/mol. The predicted octanol–water partition coefficient (Wildman–Crippen LogP) is 4.42. The topological polar surface area (TPSA) is 29.5 Å². The summed E-state index contributed by atoms with van der Waals surface area (Å²) in [5, 5.41) is 0. The SMILES string of the molecule is Cc1ccc(C)c(OCC(=O)N2CCCC2c2ccc(C)s2)c1. The number of hydrogen-bond acceptors (Lipinski definition) is 3. The molecule has 3 rings (SSSR count). The number of thiophene rings is 1. The van der Waals surface area contributed by atoms with E-state index in [0.29, 0.717) is 0 Å². The fourth-order valence-electron chi connectivity index (χ4n) is 3.08. The lowest BCUT2D eigenvalue weighted by atomic mass is 10.1. The van der Waals surface area contributed by atoms with Crippen molar-refractivity contribution < 1.29 is 9.53 Å². The second-order valence-electron chi connectivity index (χ2n) is 6.25. The molecule has 1 aromatic heterocycles. The molecule has 0 aliphatic carbocycles. The maximum atomic E-state index is 12.6. The van der Waals surface area contributed by atoms with E-state index in [1.807, 2.05) is 30.9 Å². The molecule has 1 fully saturated rings. The van der Waals surface area contributed by atoms with Crippen LogP contribution in [-0.4, -0.2) is 24.0 Å². The first-order valence-electron chi connectivity index (χ1n) is 8.10. The van der Waals surface area contributed by atoms with Gasteiger partial charge in [-0.05, 0) is 62.9 Å². The van der Waals surface area contributed by atoms with Gasteiger partial charge >= 0.3 is 0 Å². The third kappa shape index (κ3) is 3.58. The minimum absolute atomic E-state index is 0.0828. The van der Waals surface area contributed by atoms with Crippen LogP contribution >= 0.6 is 11.3 Å². The van der Waals surface area contributed by atoms with Crippen LogP contribution in [0.3, 0.4) is 0 Å². The normalized spacial score (nSPS) is 17.5. The van der Waals surface area contributed by atoms with Gasteiger partial charge in [0.1, 0.15) is 5.75 Å². The molecule has 1 aromatic carbocycles. The molecule has 2 aromatic rings. The van der Waals surface area contributed by atoms with Gasteiger partial charge in [-0.2, -0.15) is 0 Å². The molecule has 2 heterocycles. The number of carbonyl (C=O) groups is 1. The average Bonchev–Trinajstić information content (AvgIpc) is 3.16. The van der Waals surface area contributed by atoms with Crippen molar-refractivity contribution in [3.05, 3.63) is 51.2 Å². The zero-order valence-corrected chi connectivity index (χ0v) is 14.8. The molecule has 1 amide bonds. The smallest absolute Gasteiger partial charge is 0.261 e. The van der Waals surface area contributed by atoms with E-state index in [9.17, 15) is 4.79 Å². The number of aryl methyl sites for hydroxylation is 3. The van der Waals surface area contributed by atoms with Crippen molar-refractivity contribution in [1.82, 2.24) is 4.90 Å². The summed E-state index contributed by atoms with van der Waals surface area (Å²) in [6, 6.07) is 10.6. The van der Waals surface area contributed by atoms with Crippen LogP contribution in [0.5, 0.6) is 5.75 Å². The van der Waals surface area contributed by atoms with E-state index < -0.39 is 0 Å². The third-order valence-corrected chi connectivity index (χ3v) is 5.46. The standard InChI is InChI=1S/C19H23NO2S/c1-13-6-7-14(2)17(11-13)22-12-19(21)20-10-4-5-16(20)18-9-8-15(3)23-18/h6-9,11,16H,4-5,10,12H2,1-3H3. The van der Waals surface area contributed by atoms with E-state index in [1.54, 1.807) is 11.3 Å². The molecule has 0 spiro atoms. The van der Waals surface area contributed by atoms with Crippen LogP contribution in [0.4, 0.5) is 0 Å². The van der Waals surface area contributed by atoms with Crippen molar-refractivity contribution in [2.45, 2.75) is 39.7 Å². The van der Waals surface area contributed by atoms with Crippen LogP contribution < -0.4 is 4.74 Å². The highest BCUT2D eigenvalue weighted by Gasteiger charge is 2.31. The number of nitrogens with zero attached hydrogens (tertiary/aromatic N) is 1. The maximum Gasteiger partial charge on any atom is 0.261 e. The minimum Gasteiger partial charge on any atom is -0.483 e. The lowest BCUT2D eigenvalue weighted by molar-refractivity contribution is -0.134. The van der Waals surface area contributed by atoms with E-state index in [0.717, 1.165) is 36.3 Å². The molecule has 1 aliphatic heterocycles. The molecule has 0 saturated carbocycles. The summed E-state index contributed by atoms with van der Waals surface area (Å²) in [4.78, 5) is 17.2. The summed E-state index contributed by atoms with van der Waals surface area (Å²) in [6.07, 6.45) is 2.12. The second-order valence-corrected chi connectivity index (χ2v) is 7.57. The highest BCUT2D eigenvalue weighted by atomic mass is 32.1. The number of benzene rings is 1. The van der Waals surface area contributed by atoms with Crippen molar-refractivity contribution in [2.24, 2.45) is 0 Å². The Balaban J connectivity index is 1.66. The number of carbonyl (C=O) groups excluding carboxylic acids is 1. The predicted molar refractivity (Wildman–Crippen MR) is 94.2 cm³/mol. The fraction of sp³-hybridized carbons (Fsp3) is 0.421. The van der Waals surface area contributed by atoms with Crippen molar-refractivity contribution in [2.75, 3.05) is 13.2 Å². The van der Waals surface area contributed by atoms with Gasteiger partial charge in [-0.25, -0.2) is 0 Å². The molecular weight excluding hydrogens is 306 g/mol. The fourth-order valence-corrected chi connectivity index (χ4v) is 4.10. The van der Waals surface area contributed by atoms with Crippen LogP contribution in [0.1, 0.15) is 39.8 Å². The summed E-state index contributed by atoms with van der Waals surface area (Å²) >= 11 is 1.79. The van der Waals surface area contributed by atoms with Gasteiger partial charge in [-0.15, -0.1) is 11.3 Å². The zero-order chi connectivity index (χ0) is 16.4. The first-order chi connectivity index (χ1) is 11.0. The quantitative estimate of drug-likeness (QED) is 0.831. The molecule has 0 N–H and O–H groups in total. The largest absolute Gasteiger partial charge is 0.483 e. The summed E-state index contributed by atoms with van der Waals surface area (Å²) in [5.41, 5.74) is 2.21. The number of amides is 1. The van der Waals surface area contributed by atoms with Gasteiger partial charge in [0, 0.05) is 16.3 Å². The maximum absolute atomic E-state index is 12.6. The number of ether oxygens (including phenoxy) is 1. The van der Waals surface area contributed by atoms with E-state index in [4.69, 9.17) is 4.74 Å². The Hall–Kier alpha value is -1.81. The van der Waals surface area contributed by atoms with Crippen LogP contribution in [0.15, 0.2) is 30.3 Å². The Bertz CT molecular complexity index is 707. The molecule has 23 heavy (non-hydrogen) atoms. The van der Waals surface area contributed by atoms with Gasteiger partial charge in [0.25, 0.3) is 5.91 Å². The third-order valence-electron chi connectivity index (χ3n) is 4.36. The molecular formula is C19H23NO2S. The van der Waals surface area contributed by atoms with Gasteiger partial charge in [0.05, 0.1) is 6.04 Å². The van der Waals surface area contributed by atoms with Crippen molar-refractivity contribution >= 4 is 17.2 Å². The zero-order valence-electron chi connectivity index (χ0n) is 14.0. The van der Waals surface area contributed by atoms with Gasteiger partial charge in [0.15, 0.2) is 6.61 Å². The van der Waals surface area contributed by atoms with Crippen molar-refractivity contribution in [3.63, 3.8) is 0 Å². The van der Waals surface area contributed by atoms with Crippen LogP contribution in [0.2, 0.25) is 0 Å². The first-order valence-corrected chi connectivity index (χ1v) is 8.92. The molecule has 0 bridgehead atoms. The van der Waals surface area contributed by atoms with Crippen LogP contribution in [0.25, 0.3) is 0 Å². The number of likely N-dealkylation sites (tertiary alicyclic amines) is 1. The van der Waals surface area contributed by atoms with Gasteiger partial charge < -0.3 is 9.64 Å². The summed E-state index contributed by atoms with van der Waals surface area (Å²) in [7, 11) is 0. The Kier molecular flexibility index (Phi) is 4.71. The molecule has 1 unspecified atom stereocenters. The second kappa shape index (κ2) is 6.75.